The molecule has 2 nitrogen and oxygen atoms in total. The predicted octanol–water partition coefficient (Wildman–Crippen LogP) is 7.17. The number of sulfone groups is 1. The molecule has 0 bridgehead atoms. The second-order valence-electron chi connectivity index (χ2n) is 7.53. The van der Waals surface area contributed by atoms with E-state index < -0.39 is 74.5 Å². The largest absolute Gasteiger partial charge is 0.460 e. The van der Waals surface area contributed by atoms with E-state index in [0.29, 0.717) is 17.7 Å². The first kappa shape index (κ1) is 33.0. The molecule has 0 saturated carbocycles. The van der Waals surface area contributed by atoms with Crippen molar-refractivity contribution in [1.82, 2.24) is 0 Å². The first-order valence-electron chi connectivity index (χ1n) is 8.96. The zero-order chi connectivity index (χ0) is 29.9. The van der Waals surface area contributed by atoms with Gasteiger partial charge in [0, 0.05) is 6.42 Å². The van der Waals surface area contributed by atoms with Crippen molar-refractivity contribution < 1.29 is 83.1 Å². The molecule has 20 heteroatoms. The molecule has 0 unspecified atom stereocenters. The Labute approximate surface area is 195 Å². The summed E-state index contributed by atoms with van der Waals surface area (Å²) >= 11 is 0. The summed E-state index contributed by atoms with van der Waals surface area (Å²) in [5.41, 5.74) is 0.367. The van der Waals surface area contributed by atoms with Crippen molar-refractivity contribution >= 4 is 9.84 Å². The van der Waals surface area contributed by atoms with Gasteiger partial charge in [-0.3, -0.25) is 0 Å². The van der Waals surface area contributed by atoms with E-state index in [-0.39, 0.29) is 0 Å². The predicted molar refractivity (Wildman–Crippen MR) is 88.5 cm³/mol. The monoisotopic (exact) mass is 602 g/mol. The molecular formula is C17H11F17O2S. The first-order chi connectivity index (χ1) is 16.0. The molecule has 216 valence electrons. The standard InChI is InChI=1S/C17H11F17O2S/c1-8-2-4-9(5-3-8)37(35,36)7-6-10(18,19)11(20,21)12(22,23)13(24,25)14(26,27)15(28,29)16(30,31)17(32,33)34/h2-5H,6-7H2,1H3. The second-order valence-corrected chi connectivity index (χ2v) is 9.64. The average molecular weight is 602 g/mol. The summed E-state index contributed by atoms with van der Waals surface area (Å²) < 4.78 is 248. The maximum absolute atomic E-state index is 13.9. The maximum Gasteiger partial charge on any atom is 0.460 e. The molecule has 1 rings (SSSR count). The van der Waals surface area contributed by atoms with Crippen LogP contribution in [0, 0.1) is 6.92 Å². The third-order valence-electron chi connectivity index (χ3n) is 4.85. The van der Waals surface area contributed by atoms with Crippen LogP contribution in [-0.4, -0.2) is 61.8 Å². The molecule has 0 saturated heterocycles. The van der Waals surface area contributed by atoms with Crippen LogP contribution < -0.4 is 0 Å². The summed E-state index contributed by atoms with van der Waals surface area (Å²) in [6, 6.07) is 3.47. The quantitative estimate of drug-likeness (QED) is 0.267. The highest BCUT2D eigenvalue weighted by molar-refractivity contribution is 7.91. The Morgan fingerprint density at radius 1 is 0.541 bits per heavy atom. The fourth-order valence-electron chi connectivity index (χ4n) is 2.48. The van der Waals surface area contributed by atoms with Gasteiger partial charge in [0.25, 0.3) is 0 Å². The molecule has 0 aliphatic heterocycles. The van der Waals surface area contributed by atoms with Gasteiger partial charge in [0.1, 0.15) is 0 Å². The molecule has 0 spiro atoms. The fourth-order valence-corrected chi connectivity index (χ4v) is 3.79. The Morgan fingerprint density at radius 3 is 1.22 bits per heavy atom. The van der Waals surface area contributed by atoms with Crippen molar-refractivity contribution in [3.05, 3.63) is 29.8 Å². The molecule has 37 heavy (non-hydrogen) atoms. The average Bonchev–Trinajstić information content (AvgIpc) is 2.71. The van der Waals surface area contributed by atoms with Crippen LogP contribution in [0.4, 0.5) is 74.6 Å². The van der Waals surface area contributed by atoms with E-state index in [1.807, 2.05) is 0 Å². The lowest BCUT2D eigenvalue weighted by Gasteiger charge is -2.42. The number of rotatable bonds is 10. The third kappa shape index (κ3) is 4.93. The smallest absolute Gasteiger partial charge is 0.224 e. The normalized spacial score (nSPS) is 15.7. The Hall–Kier alpha value is -2.02. The van der Waals surface area contributed by atoms with Crippen LogP contribution in [0.3, 0.4) is 0 Å². The molecule has 0 heterocycles. The van der Waals surface area contributed by atoms with Gasteiger partial charge in [-0.25, -0.2) is 8.42 Å². The summed E-state index contributed by atoms with van der Waals surface area (Å²) in [4.78, 5) is -0.894. The highest BCUT2D eigenvalue weighted by Crippen LogP contribution is 2.64. The van der Waals surface area contributed by atoms with E-state index in [1.165, 1.54) is 6.92 Å². The lowest BCUT2D eigenvalue weighted by Crippen LogP contribution is -2.74. The number of alkyl halides is 17. The van der Waals surface area contributed by atoms with E-state index in [4.69, 9.17) is 0 Å². The van der Waals surface area contributed by atoms with Gasteiger partial charge in [0.2, 0.25) is 0 Å². The van der Waals surface area contributed by atoms with Crippen LogP contribution in [0.2, 0.25) is 0 Å². The third-order valence-corrected chi connectivity index (χ3v) is 6.58. The summed E-state index contributed by atoms with van der Waals surface area (Å²) in [5.74, 6) is -59.6. The van der Waals surface area contributed by atoms with Crippen LogP contribution in [0.1, 0.15) is 12.0 Å². The molecule has 1 aromatic carbocycles. The molecule has 1 aromatic rings. The molecule has 0 radical (unpaired) electrons. The Morgan fingerprint density at radius 2 is 0.865 bits per heavy atom. The lowest BCUT2D eigenvalue weighted by atomic mass is 9.88. The minimum atomic E-state index is -8.73. The van der Waals surface area contributed by atoms with Crippen LogP contribution in [-0.2, 0) is 9.84 Å². The molecule has 0 atom stereocenters. The first-order valence-corrected chi connectivity index (χ1v) is 10.6. The zero-order valence-electron chi connectivity index (χ0n) is 17.4. The minimum absolute atomic E-state index is 0.367. The van der Waals surface area contributed by atoms with Crippen molar-refractivity contribution in [3.63, 3.8) is 0 Å². The Kier molecular flexibility index (Phi) is 8.05. The fraction of sp³-hybridized carbons (Fsp3) is 0.647. The summed E-state index contributed by atoms with van der Waals surface area (Å²) in [6.45, 7) is 1.39. The van der Waals surface area contributed by atoms with Crippen molar-refractivity contribution in [3.8, 4) is 0 Å². The number of hydrogen-bond donors (Lipinski definition) is 0. The Bertz CT molecular complexity index is 1070. The lowest BCUT2D eigenvalue weighted by molar-refractivity contribution is -0.461. The van der Waals surface area contributed by atoms with Crippen molar-refractivity contribution in [2.75, 3.05) is 5.75 Å². The van der Waals surface area contributed by atoms with Gasteiger partial charge in [0.05, 0.1) is 10.6 Å². The molecule has 0 N–H and O–H groups in total. The van der Waals surface area contributed by atoms with Gasteiger partial charge in [0.15, 0.2) is 9.84 Å². The molecule has 0 amide bonds. The van der Waals surface area contributed by atoms with Gasteiger partial charge in [-0.05, 0) is 19.1 Å². The van der Waals surface area contributed by atoms with Crippen LogP contribution >= 0.6 is 0 Å². The summed E-state index contributed by atoms with van der Waals surface area (Å²) in [5, 5.41) is 0. The zero-order valence-corrected chi connectivity index (χ0v) is 18.2. The number of aryl methyl sites for hydroxylation is 1. The van der Waals surface area contributed by atoms with Crippen LogP contribution in [0.5, 0.6) is 0 Å². The van der Waals surface area contributed by atoms with Gasteiger partial charge in [-0.15, -0.1) is 0 Å². The molecule has 0 fully saturated rings. The van der Waals surface area contributed by atoms with E-state index in [2.05, 4.69) is 0 Å². The van der Waals surface area contributed by atoms with Gasteiger partial charge < -0.3 is 0 Å². The molecular weight excluding hydrogens is 591 g/mol. The summed E-state index contributed by atoms with van der Waals surface area (Å²) in [7, 11) is -5.08. The van der Waals surface area contributed by atoms with Gasteiger partial charge in [-0.2, -0.15) is 74.6 Å². The van der Waals surface area contributed by atoms with E-state index >= 15 is 0 Å². The van der Waals surface area contributed by atoms with E-state index in [1.54, 1.807) is 0 Å². The van der Waals surface area contributed by atoms with Gasteiger partial charge in [-0.1, -0.05) is 17.7 Å². The second kappa shape index (κ2) is 9.03. The van der Waals surface area contributed by atoms with E-state index in [0.717, 1.165) is 12.1 Å². The van der Waals surface area contributed by atoms with Gasteiger partial charge >= 0.3 is 47.6 Å². The number of halogens is 17. The highest BCUT2D eigenvalue weighted by atomic mass is 32.2. The Balaban J connectivity index is 3.48. The molecule has 0 aliphatic carbocycles. The number of hydrogen-bond acceptors (Lipinski definition) is 2. The highest BCUT2D eigenvalue weighted by Gasteiger charge is 2.95. The van der Waals surface area contributed by atoms with Crippen molar-refractivity contribution in [1.29, 1.82) is 0 Å². The minimum Gasteiger partial charge on any atom is -0.224 e. The van der Waals surface area contributed by atoms with Crippen molar-refractivity contribution in [2.45, 2.75) is 65.9 Å². The maximum atomic E-state index is 13.9. The van der Waals surface area contributed by atoms with Crippen LogP contribution in [0.15, 0.2) is 29.2 Å². The number of benzene rings is 1. The SMILES string of the molecule is Cc1ccc(S(=O)(=O)CCC(F)(F)C(F)(F)C(F)(F)C(F)(F)C(F)(F)C(F)(F)C(F)(F)C(F)(F)F)cc1. The molecule has 0 aromatic heterocycles. The van der Waals surface area contributed by atoms with Crippen molar-refractivity contribution in [2.24, 2.45) is 0 Å². The van der Waals surface area contributed by atoms with Crippen LogP contribution in [0.25, 0.3) is 0 Å². The summed E-state index contributed by atoms with van der Waals surface area (Å²) in [6.07, 6.45) is -10.9. The topological polar surface area (TPSA) is 34.1 Å². The van der Waals surface area contributed by atoms with E-state index in [9.17, 15) is 83.1 Å². The molecule has 0 aliphatic rings.